The van der Waals surface area contributed by atoms with Crippen molar-refractivity contribution in [2.45, 2.75) is 12.8 Å². The van der Waals surface area contributed by atoms with Crippen LogP contribution in [-0.2, 0) is 6.42 Å². The normalized spacial score (nSPS) is 11.0. The number of hydrogen-bond donors (Lipinski definition) is 1. The Labute approximate surface area is 109 Å². The third-order valence-corrected chi connectivity index (χ3v) is 2.74. The van der Waals surface area contributed by atoms with Gasteiger partial charge in [-0.15, -0.1) is 0 Å². The average molecular weight is 256 g/mol. The fourth-order valence-electron chi connectivity index (χ4n) is 1.81. The van der Waals surface area contributed by atoms with Crippen molar-refractivity contribution < 1.29 is 9.63 Å². The van der Waals surface area contributed by atoms with Gasteiger partial charge in [-0.1, -0.05) is 5.16 Å². The van der Waals surface area contributed by atoms with Crippen LogP contribution in [0.2, 0.25) is 0 Å². The Morgan fingerprint density at radius 2 is 1.95 bits per heavy atom. The van der Waals surface area contributed by atoms with E-state index in [4.69, 9.17) is 9.63 Å². The molecule has 1 aromatic carbocycles. The molecule has 0 aliphatic rings. The molecule has 19 heavy (non-hydrogen) atoms. The lowest BCUT2D eigenvalue weighted by molar-refractivity contribution is 0.278. The van der Waals surface area contributed by atoms with Gasteiger partial charge in [-0.2, -0.15) is 4.98 Å². The Balaban J connectivity index is 1.92. The summed E-state index contributed by atoms with van der Waals surface area (Å²) in [4.78, 5) is 12.7. The molecular weight excluding hydrogens is 244 g/mol. The highest BCUT2D eigenvalue weighted by molar-refractivity contribution is 5.79. The molecule has 0 saturated heterocycles. The van der Waals surface area contributed by atoms with E-state index in [1.165, 1.54) is 0 Å². The van der Waals surface area contributed by atoms with E-state index < -0.39 is 0 Å². The highest BCUT2D eigenvalue weighted by atomic mass is 16.5. The second-order valence-electron chi connectivity index (χ2n) is 4.10. The molecule has 2 heterocycles. The summed E-state index contributed by atoms with van der Waals surface area (Å²) in [6.07, 6.45) is 4.50. The van der Waals surface area contributed by atoms with Gasteiger partial charge in [0.1, 0.15) is 0 Å². The summed E-state index contributed by atoms with van der Waals surface area (Å²) >= 11 is 0. The highest BCUT2D eigenvalue weighted by Gasteiger charge is 2.09. The molecule has 0 atom stereocenters. The topological polar surface area (TPSA) is 84.9 Å². The second kappa shape index (κ2) is 5.11. The number of aryl methyl sites for hydroxylation is 1. The summed E-state index contributed by atoms with van der Waals surface area (Å²) in [5, 5.41) is 12.7. The van der Waals surface area contributed by atoms with E-state index in [1.807, 2.05) is 18.2 Å². The summed E-state index contributed by atoms with van der Waals surface area (Å²) in [5.74, 6) is 1.06. The van der Waals surface area contributed by atoms with Crippen LogP contribution in [0.15, 0.2) is 35.1 Å². The Morgan fingerprint density at radius 1 is 1.11 bits per heavy atom. The van der Waals surface area contributed by atoms with Crippen LogP contribution >= 0.6 is 0 Å². The van der Waals surface area contributed by atoms with Crippen LogP contribution in [0.4, 0.5) is 0 Å². The number of aliphatic hydroxyl groups is 1. The molecule has 0 aliphatic carbocycles. The van der Waals surface area contributed by atoms with Gasteiger partial charge in [-0.05, 0) is 24.6 Å². The molecule has 3 aromatic rings. The molecule has 96 valence electrons. The number of hydrogen-bond acceptors (Lipinski definition) is 6. The number of fused-ring (bicyclic) bond motifs is 1. The minimum Gasteiger partial charge on any atom is -0.396 e. The third-order valence-electron chi connectivity index (χ3n) is 2.74. The van der Waals surface area contributed by atoms with Crippen molar-refractivity contribution in [1.82, 2.24) is 20.1 Å². The van der Waals surface area contributed by atoms with Gasteiger partial charge in [0.15, 0.2) is 0 Å². The maximum atomic E-state index is 8.76. The van der Waals surface area contributed by atoms with Crippen molar-refractivity contribution in [2.24, 2.45) is 0 Å². The molecule has 0 spiro atoms. The number of aromatic nitrogens is 4. The lowest BCUT2D eigenvalue weighted by atomic mass is 10.2. The first-order valence-electron chi connectivity index (χ1n) is 6.01. The number of rotatable bonds is 4. The van der Waals surface area contributed by atoms with Crippen molar-refractivity contribution in [3.8, 4) is 11.4 Å². The molecule has 2 aromatic heterocycles. The SMILES string of the molecule is OCCCc1nc(-c2ccc3nccnc3c2)no1. The van der Waals surface area contributed by atoms with Crippen LogP contribution in [0.1, 0.15) is 12.3 Å². The molecule has 3 rings (SSSR count). The zero-order valence-corrected chi connectivity index (χ0v) is 10.2. The van der Waals surface area contributed by atoms with Gasteiger partial charge in [0.2, 0.25) is 11.7 Å². The van der Waals surface area contributed by atoms with Crippen molar-refractivity contribution in [3.05, 3.63) is 36.5 Å². The van der Waals surface area contributed by atoms with Gasteiger partial charge >= 0.3 is 0 Å². The standard InChI is InChI=1S/C13H12N4O2/c18-7-1-2-12-16-13(17-19-12)9-3-4-10-11(8-9)15-6-5-14-10/h3-6,8,18H,1-2,7H2. The van der Waals surface area contributed by atoms with E-state index in [2.05, 4.69) is 20.1 Å². The third kappa shape index (κ3) is 2.43. The highest BCUT2D eigenvalue weighted by Crippen LogP contribution is 2.20. The van der Waals surface area contributed by atoms with Crippen molar-refractivity contribution in [3.63, 3.8) is 0 Å². The smallest absolute Gasteiger partial charge is 0.227 e. The molecule has 0 fully saturated rings. The molecule has 6 nitrogen and oxygen atoms in total. The molecule has 0 radical (unpaired) electrons. The van der Waals surface area contributed by atoms with Crippen LogP contribution < -0.4 is 0 Å². The van der Waals surface area contributed by atoms with Gasteiger partial charge in [0.25, 0.3) is 0 Å². The van der Waals surface area contributed by atoms with Crippen LogP contribution in [0.5, 0.6) is 0 Å². The lowest BCUT2D eigenvalue weighted by Crippen LogP contribution is -1.89. The van der Waals surface area contributed by atoms with Gasteiger partial charge in [-0.3, -0.25) is 9.97 Å². The van der Waals surface area contributed by atoms with Gasteiger partial charge in [0, 0.05) is 31.0 Å². The van der Waals surface area contributed by atoms with E-state index in [0.29, 0.717) is 24.6 Å². The maximum absolute atomic E-state index is 8.76. The largest absolute Gasteiger partial charge is 0.396 e. The van der Waals surface area contributed by atoms with Crippen LogP contribution in [0, 0.1) is 0 Å². The summed E-state index contributed by atoms with van der Waals surface area (Å²) in [7, 11) is 0. The quantitative estimate of drug-likeness (QED) is 0.763. The minimum atomic E-state index is 0.114. The number of nitrogens with zero attached hydrogens (tertiary/aromatic N) is 4. The monoisotopic (exact) mass is 256 g/mol. The number of benzene rings is 1. The van der Waals surface area contributed by atoms with E-state index in [1.54, 1.807) is 12.4 Å². The van der Waals surface area contributed by atoms with E-state index in [-0.39, 0.29) is 6.61 Å². The summed E-state index contributed by atoms with van der Waals surface area (Å²) in [5.41, 5.74) is 2.46. The lowest BCUT2D eigenvalue weighted by Gasteiger charge is -1.97. The van der Waals surface area contributed by atoms with Gasteiger partial charge in [0.05, 0.1) is 11.0 Å². The molecule has 0 aliphatic heterocycles. The van der Waals surface area contributed by atoms with Crippen LogP contribution in [0.3, 0.4) is 0 Å². The predicted octanol–water partition coefficient (Wildman–Crippen LogP) is 1.60. The summed E-state index contributed by atoms with van der Waals surface area (Å²) < 4.78 is 5.12. The fourth-order valence-corrected chi connectivity index (χ4v) is 1.81. The Hall–Kier alpha value is -2.34. The van der Waals surface area contributed by atoms with Crippen LogP contribution in [-0.4, -0.2) is 31.8 Å². The molecule has 6 heteroatoms. The molecular formula is C13H12N4O2. The van der Waals surface area contributed by atoms with Crippen molar-refractivity contribution in [1.29, 1.82) is 0 Å². The van der Waals surface area contributed by atoms with E-state index in [0.717, 1.165) is 16.6 Å². The van der Waals surface area contributed by atoms with Gasteiger partial charge in [-0.25, -0.2) is 0 Å². The molecule has 0 saturated carbocycles. The number of aliphatic hydroxyl groups excluding tert-OH is 1. The van der Waals surface area contributed by atoms with Crippen LogP contribution in [0.25, 0.3) is 22.4 Å². The molecule has 0 bridgehead atoms. The maximum Gasteiger partial charge on any atom is 0.227 e. The fraction of sp³-hybridized carbons (Fsp3) is 0.231. The summed E-state index contributed by atoms with van der Waals surface area (Å²) in [6, 6.07) is 5.64. The molecule has 0 unspecified atom stereocenters. The van der Waals surface area contributed by atoms with Crippen molar-refractivity contribution >= 4 is 11.0 Å². The average Bonchev–Trinajstić information content (AvgIpc) is 2.93. The Bertz CT molecular complexity index is 696. The van der Waals surface area contributed by atoms with E-state index in [9.17, 15) is 0 Å². The first-order valence-corrected chi connectivity index (χ1v) is 6.01. The first-order chi connectivity index (χ1) is 9.36. The zero-order chi connectivity index (χ0) is 13.1. The summed E-state index contributed by atoms with van der Waals surface area (Å²) in [6.45, 7) is 0.114. The predicted molar refractivity (Wildman–Crippen MR) is 68.2 cm³/mol. The van der Waals surface area contributed by atoms with Gasteiger partial charge < -0.3 is 9.63 Å². The molecule has 0 amide bonds. The Kier molecular flexibility index (Phi) is 3.16. The molecule has 1 N–H and O–H groups in total. The minimum absolute atomic E-state index is 0.114. The Morgan fingerprint density at radius 3 is 2.79 bits per heavy atom. The van der Waals surface area contributed by atoms with Crippen molar-refractivity contribution in [2.75, 3.05) is 6.61 Å². The first kappa shape index (κ1) is 11.7. The zero-order valence-electron chi connectivity index (χ0n) is 10.2. The second-order valence-corrected chi connectivity index (χ2v) is 4.10. The van der Waals surface area contributed by atoms with E-state index >= 15 is 0 Å².